The maximum absolute atomic E-state index is 11.7. The third-order valence-electron chi connectivity index (χ3n) is 3.08. The zero-order valence-electron chi connectivity index (χ0n) is 11.7. The third kappa shape index (κ3) is 6.33. The van der Waals surface area contributed by atoms with Crippen LogP contribution in [-0.2, 0) is 9.53 Å². The van der Waals surface area contributed by atoms with Crippen LogP contribution in [-0.4, -0.2) is 56.2 Å². The lowest BCUT2D eigenvalue weighted by molar-refractivity contribution is -0.123. The minimum absolute atomic E-state index is 0.130. The van der Waals surface area contributed by atoms with Gasteiger partial charge in [0.05, 0.1) is 19.3 Å². The molecule has 3 N–H and O–H groups in total. The Labute approximate surface area is 110 Å². The summed E-state index contributed by atoms with van der Waals surface area (Å²) in [6.45, 7) is 8.55. The highest BCUT2D eigenvalue weighted by Crippen LogP contribution is 2.12. The smallest absolute Gasteiger partial charge is 0.234 e. The molecule has 0 aromatic carbocycles. The first-order valence-electron chi connectivity index (χ1n) is 6.92. The van der Waals surface area contributed by atoms with Gasteiger partial charge >= 0.3 is 0 Å². The first-order chi connectivity index (χ1) is 8.61. The number of hydrogen-bond donors (Lipinski definition) is 2. The van der Waals surface area contributed by atoms with Gasteiger partial charge in [-0.1, -0.05) is 13.8 Å². The maximum atomic E-state index is 11.7. The summed E-state index contributed by atoms with van der Waals surface area (Å²) in [6, 6.07) is 0. The van der Waals surface area contributed by atoms with Gasteiger partial charge in [-0.05, 0) is 18.8 Å². The molecule has 1 amide bonds. The Bertz CT molecular complexity index is 238. The molecule has 5 heteroatoms. The van der Waals surface area contributed by atoms with E-state index in [1.807, 2.05) is 0 Å². The van der Waals surface area contributed by atoms with Crippen molar-refractivity contribution >= 4 is 5.91 Å². The average Bonchev–Trinajstić information content (AvgIpc) is 2.35. The number of piperidine rings is 1. The second-order valence-corrected chi connectivity index (χ2v) is 5.33. The van der Waals surface area contributed by atoms with Gasteiger partial charge in [0.1, 0.15) is 0 Å². The van der Waals surface area contributed by atoms with Crippen LogP contribution in [0.4, 0.5) is 0 Å². The van der Waals surface area contributed by atoms with Crippen LogP contribution in [0, 0.1) is 5.92 Å². The van der Waals surface area contributed by atoms with Crippen LogP contribution >= 0.6 is 0 Å². The number of hydrogen-bond acceptors (Lipinski definition) is 4. The van der Waals surface area contributed by atoms with Crippen molar-refractivity contribution in [2.75, 3.05) is 39.3 Å². The number of carbonyl (C=O) groups excluding carboxylic acids is 1. The molecule has 1 rings (SSSR count). The zero-order chi connectivity index (χ0) is 13.4. The zero-order valence-corrected chi connectivity index (χ0v) is 11.7. The Balaban J connectivity index is 2.13. The van der Waals surface area contributed by atoms with Crippen molar-refractivity contribution in [2.24, 2.45) is 11.7 Å². The molecule has 1 heterocycles. The number of nitrogens with zero attached hydrogens (tertiary/aromatic N) is 1. The molecule has 0 aromatic heterocycles. The first kappa shape index (κ1) is 15.4. The highest BCUT2D eigenvalue weighted by molar-refractivity contribution is 5.78. The van der Waals surface area contributed by atoms with Crippen molar-refractivity contribution in [2.45, 2.75) is 32.8 Å². The summed E-state index contributed by atoms with van der Waals surface area (Å²) in [5, 5.41) is 2.95. The summed E-state index contributed by atoms with van der Waals surface area (Å²) in [7, 11) is 0. The van der Waals surface area contributed by atoms with Crippen molar-refractivity contribution < 1.29 is 9.53 Å². The van der Waals surface area contributed by atoms with Gasteiger partial charge in [0, 0.05) is 26.2 Å². The third-order valence-corrected chi connectivity index (χ3v) is 3.08. The van der Waals surface area contributed by atoms with Crippen LogP contribution in [0.25, 0.3) is 0 Å². The monoisotopic (exact) mass is 257 g/mol. The van der Waals surface area contributed by atoms with E-state index in [-0.39, 0.29) is 5.91 Å². The van der Waals surface area contributed by atoms with E-state index in [2.05, 4.69) is 24.1 Å². The second kappa shape index (κ2) is 8.45. The summed E-state index contributed by atoms with van der Waals surface area (Å²) >= 11 is 0. The van der Waals surface area contributed by atoms with E-state index >= 15 is 0 Å². The van der Waals surface area contributed by atoms with Crippen molar-refractivity contribution in [3.63, 3.8) is 0 Å². The fourth-order valence-corrected chi connectivity index (χ4v) is 2.05. The standard InChI is InChI=1S/C13H27N3O2/c1-11(2)9-15-13(17)10-16-6-3-12(4-7-16)18-8-5-14/h11-12H,3-10,14H2,1-2H3,(H,15,17). The van der Waals surface area contributed by atoms with E-state index in [9.17, 15) is 4.79 Å². The van der Waals surface area contributed by atoms with Gasteiger partial charge in [-0.3, -0.25) is 9.69 Å². The fourth-order valence-electron chi connectivity index (χ4n) is 2.05. The van der Waals surface area contributed by atoms with Gasteiger partial charge in [-0.2, -0.15) is 0 Å². The molecule has 0 spiro atoms. The highest BCUT2D eigenvalue weighted by Gasteiger charge is 2.20. The van der Waals surface area contributed by atoms with E-state index in [0.717, 1.165) is 32.5 Å². The van der Waals surface area contributed by atoms with Crippen LogP contribution in [0.1, 0.15) is 26.7 Å². The number of carbonyl (C=O) groups is 1. The molecule has 1 fully saturated rings. The Morgan fingerprint density at radius 3 is 2.67 bits per heavy atom. The number of ether oxygens (including phenoxy) is 1. The SMILES string of the molecule is CC(C)CNC(=O)CN1CCC(OCCN)CC1. The van der Waals surface area contributed by atoms with Crippen LogP contribution < -0.4 is 11.1 Å². The molecule has 0 unspecified atom stereocenters. The van der Waals surface area contributed by atoms with Crippen LogP contribution in [0.5, 0.6) is 0 Å². The van der Waals surface area contributed by atoms with Gasteiger partial charge in [-0.15, -0.1) is 0 Å². The summed E-state index contributed by atoms with van der Waals surface area (Å²) < 4.78 is 5.61. The molecular formula is C13H27N3O2. The molecule has 5 nitrogen and oxygen atoms in total. The lowest BCUT2D eigenvalue weighted by Crippen LogP contribution is -2.43. The number of likely N-dealkylation sites (tertiary alicyclic amines) is 1. The second-order valence-electron chi connectivity index (χ2n) is 5.33. The lowest BCUT2D eigenvalue weighted by atomic mass is 10.1. The van der Waals surface area contributed by atoms with E-state index < -0.39 is 0 Å². The Morgan fingerprint density at radius 2 is 2.11 bits per heavy atom. The Morgan fingerprint density at radius 1 is 1.44 bits per heavy atom. The van der Waals surface area contributed by atoms with Gasteiger partial charge in [0.2, 0.25) is 5.91 Å². The molecule has 106 valence electrons. The highest BCUT2D eigenvalue weighted by atomic mass is 16.5. The molecule has 0 atom stereocenters. The number of nitrogens with one attached hydrogen (secondary N) is 1. The van der Waals surface area contributed by atoms with Gasteiger partial charge in [0.25, 0.3) is 0 Å². The quantitative estimate of drug-likeness (QED) is 0.683. The van der Waals surface area contributed by atoms with Crippen molar-refractivity contribution in [1.82, 2.24) is 10.2 Å². The molecule has 0 aromatic rings. The van der Waals surface area contributed by atoms with Gasteiger partial charge in [-0.25, -0.2) is 0 Å². The molecule has 1 aliphatic heterocycles. The van der Waals surface area contributed by atoms with Crippen molar-refractivity contribution in [3.8, 4) is 0 Å². The summed E-state index contributed by atoms with van der Waals surface area (Å²) in [5.74, 6) is 0.634. The molecule has 1 saturated heterocycles. The Kier molecular flexibility index (Phi) is 7.23. The lowest BCUT2D eigenvalue weighted by Gasteiger charge is -2.31. The summed E-state index contributed by atoms with van der Waals surface area (Å²) in [5.41, 5.74) is 5.41. The van der Waals surface area contributed by atoms with E-state index in [0.29, 0.717) is 31.7 Å². The van der Waals surface area contributed by atoms with Crippen molar-refractivity contribution in [3.05, 3.63) is 0 Å². The largest absolute Gasteiger partial charge is 0.377 e. The van der Waals surface area contributed by atoms with E-state index in [1.165, 1.54) is 0 Å². The molecule has 0 aliphatic carbocycles. The number of amides is 1. The van der Waals surface area contributed by atoms with Crippen LogP contribution in [0.15, 0.2) is 0 Å². The molecule has 0 bridgehead atoms. The van der Waals surface area contributed by atoms with E-state index in [4.69, 9.17) is 10.5 Å². The molecule has 1 aliphatic rings. The first-order valence-corrected chi connectivity index (χ1v) is 6.92. The minimum atomic E-state index is 0.130. The summed E-state index contributed by atoms with van der Waals surface area (Å²) in [4.78, 5) is 13.9. The summed E-state index contributed by atoms with van der Waals surface area (Å²) in [6.07, 6.45) is 2.32. The topological polar surface area (TPSA) is 67.6 Å². The number of nitrogens with two attached hydrogens (primary N) is 1. The van der Waals surface area contributed by atoms with Gasteiger partial charge < -0.3 is 15.8 Å². The van der Waals surface area contributed by atoms with Gasteiger partial charge in [0.15, 0.2) is 0 Å². The molecular weight excluding hydrogens is 230 g/mol. The number of rotatable bonds is 7. The molecule has 0 radical (unpaired) electrons. The Hall–Kier alpha value is -0.650. The molecule has 18 heavy (non-hydrogen) atoms. The average molecular weight is 257 g/mol. The predicted octanol–water partition coefficient (Wildman–Crippen LogP) is 0.198. The van der Waals surface area contributed by atoms with E-state index in [1.54, 1.807) is 0 Å². The minimum Gasteiger partial charge on any atom is -0.377 e. The predicted molar refractivity (Wildman–Crippen MR) is 72.3 cm³/mol. The normalized spacial score (nSPS) is 18.2. The van der Waals surface area contributed by atoms with Crippen molar-refractivity contribution in [1.29, 1.82) is 0 Å². The maximum Gasteiger partial charge on any atom is 0.234 e. The fraction of sp³-hybridized carbons (Fsp3) is 0.923. The van der Waals surface area contributed by atoms with Crippen LogP contribution in [0.2, 0.25) is 0 Å². The van der Waals surface area contributed by atoms with Crippen LogP contribution in [0.3, 0.4) is 0 Å². The molecule has 0 saturated carbocycles.